The third-order valence-corrected chi connectivity index (χ3v) is 10.7. The van der Waals surface area contributed by atoms with E-state index in [0.29, 0.717) is 50.1 Å². The van der Waals surface area contributed by atoms with Gasteiger partial charge in [-0.1, -0.05) is 12.0 Å². The lowest BCUT2D eigenvalue weighted by molar-refractivity contribution is -0.168. The minimum Gasteiger partial charge on any atom is -0.508 e. The third kappa shape index (κ3) is 4.93. The number of ether oxygens (including phenoxy) is 1. The van der Waals surface area contributed by atoms with Gasteiger partial charge in [0.1, 0.15) is 41.4 Å². The topological polar surface area (TPSA) is 74.6 Å². The molecule has 3 aliphatic heterocycles. The van der Waals surface area contributed by atoms with Crippen LogP contribution in [-0.2, 0) is 0 Å². The Morgan fingerprint density at radius 1 is 1.06 bits per heavy atom. The molecular formula is C35H32F5N5O2. The molecule has 244 valence electrons. The molecule has 7 nitrogen and oxygen atoms in total. The van der Waals surface area contributed by atoms with Gasteiger partial charge in [-0.3, -0.25) is 9.88 Å². The maximum atomic E-state index is 16.8. The number of alkyl halides is 3. The molecule has 0 unspecified atom stereocenters. The molecule has 4 aromatic rings. The summed E-state index contributed by atoms with van der Waals surface area (Å²) in [5, 5.41) is 11.4. The summed E-state index contributed by atoms with van der Waals surface area (Å²) in [5.41, 5.74) is -1.25. The van der Waals surface area contributed by atoms with Gasteiger partial charge in [0.2, 0.25) is 5.92 Å². The number of benzene rings is 2. The van der Waals surface area contributed by atoms with Gasteiger partial charge >= 0.3 is 6.01 Å². The van der Waals surface area contributed by atoms with Gasteiger partial charge in [0, 0.05) is 56.0 Å². The molecule has 2 aromatic heterocycles. The fourth-order valence-electron chi connectivity index (χ4n) is 8.51. The van der Waals surface area contributed by atoms with Crippen molar-refractivity contribution in [3.05, 3.63) is 47.7 Å². The molecule has 1 aliphatic carbocycles. The summed E-state index contributed by atoms with van der Waals surface area (Å²) in [6, 6.07) is 5.21. The molecule has 3 saturated heterocycles. The highest BCUT2D eigenvalue weighted by molar-refractivity contribution is 6.03. The molecule has 4 fully saturated rings. The zero-order valence-electron chi connectivity index (χ0n) is 25.5. The number of piperidine rings is 1. The zero-order chi connectivity index (χ0) is 32.7. The minimum absolute atomic E-state index is 0.0840. The van der Waals surface area contributed by atoms with Crippen LogP contribution in [-0.4, -0.2) is 75.4 Å². The van der Waals surface area contributed by atoms with Crippen LogP contribution in [0.3, 0.4) is 0 Å². The monoisotopic (exact) mass is 649 g/mol. The van der Waals surface area contributed by atoms with E-state index in [1.165, 1.54) is 30.5 Å². The number of halogens is 5. The molecule has 0 bridgehead atoms. The second-order valence-corrected chi connectivity index (χ2v) is 13.7. The summed E-state index contributed by atoms with van der Waals surface area (Å²) >= 11 is 0. The Kier molecular flexibility index (Phi) is 6.82. The van der Waals surface area contributed by atoms with E-state index in [1.807, 2.05) is 4.90 Å². The van der Waals surface area contributed by atoms with E-state index in [4.69, 9.17) is 16.1 Å². The average Bonchev–Trinajstić information content (AvgIpc) is 3.55. The van der Waals surface area contributed by atoms with Crippen molar-refractivity contribution < 1.29 is 31.8 Å². The molecule has 0 amide bonds. The molecule has 4 aliphatic rings. The highest BCUT2D eigenvalue weighted by Gasteiger charge is 2.57. The molecule has 47 heavy (non-hydrogen) atoms. The third-order valence-electron chi connectivity index (χ3n) is 10.7. The van der Waals surface area contributed by atoms with Crippen LogP contribution >= 0.6 is 0 Å². The van der Waals surface area contributed by atoms with Gasteiger partial charge in [-0.15, -0.1) is 6.42 Å². The number of phenols is 1. The van der Waals surface area contributed by atoms with E-state index in [1.54, 1.807) is 0 Å². The van der Waals surface area contributed by atoms with Crippen molar-refractivity contribution in [1.29, 1.82) is 0 Å². The Morgan fingerprint density at radius 2 is 1.85 bits per heavy atom. The molecule has 5 heterocycles. The fraction of sp³-hybridized carbons (Fsp3) is 0.457. The summed E-state index contributed by atoms with van der Waals surface area (Å²) in [6.07, 6.45) is 8.89. The highest BCUT2D eigenvalue weighted by atomic mass is 19.3. The van der Waals surface area contributed by atoms with Crippen LogP contribution in [0.2, 0.25) is 0 Å². The van der Waals surface area contributed by atoms with Crippen molar-refractivity contribution in [2.75, 3.05) is 37.7 Å². The van der Waals surface area contributed by atoms with Gasteiger partial charge in [0.05, 0.1) is 16.5 Å². The SMILES string of the molecule is C#Cc1c(F)ccc2cc(O)cc(-c3ncc4c(N5CCC6(CC5)CC(F)(F)C6)nc(OC[C@@]56CCCN5C[C@H](F)C6)nc4c3F)c12. The lowest BCUT2D eigenvalue weighted by Gasteiger charge is -2.52. The van der Waals surface area contributed by atoms with Gasteiger partial charge in [-0.2, -0.15) is 9.97 Å². The number of phenolic OH excluding ortho intramolecular Hbond substituents is 1. The normalized spacial score (nSPS) is 24.9. The van der Waals surface area contributed by atoms with Crippen LogP contribution in [0.25, 0.3) is 32.9 Å². The molecule has 2 atom stereocenters. The molecule has 2 aromatic carbocycles. The predicted octanol–water partition coefficient (Wildman–Crippen LogP) is 6.78. The maximum Gasteiger partial charge on any atom is 0.319 e. The first-order valence-electron chi connectivity index (χ1n) is 15.9. The molecule has 12 heteroatoms. The summed E-state index contributed by atoms with van der Waals surface area (Å²) < 4.78 is 79.8. The first kappa shape index (κ1) is 30.1. The molecule has 1 N–H and O–H groups in total. The van der Waals surface area contributed by atoms with Crippen LogP contribution < -0.4 is 9.64 Å². The minimum atomic E-state index is -2.64. The largest absolute Gasteiger partial charge is 0.508 e. The van der Waals surface area contributed by atoms with E-state index in [0.717, 1.165) is 19.4 Å². The van der Waals surface area contributed by atoms with Crippen LogP contribution in [0.4, 0.5) is 27.8 Å². The first-order chi connectivity index (χ1) is 22.5. The maximum absolute atomic E-state index is 16.8. The van der Waals surface area contributed by atoms with E-state index in [-0.39, 0.29) is 64.3 Å². The van der Waals surface area contributed by atoms with Crippen molar-refractivity contribution in [2.45, 2.75) is 62.6 Å². The van der Waals surface area contributed by atoms with Crippen molar-refractivity contribution in [3.63, 3.8) is 0 Å². The van der Waals surface area contributed by atoms with E-state index >= 15 is 4.39 Å². The second-order valence-electron chi connectivity index (χ2n) is 13.7. The van der Waals surface area contributed by atoms with E-state index < -0.39 is 34.7 Å². The Labute approximate surface area is 267 Å². The van der Waals surface area contributed by atoms with Crippen molar-refractivity contribution in [3.8, 4) is 35.4 Å². The van der Waals surface area contributed by atoms with Crippen LogP contribution in [0, 0.1) is 29.4 Å². The molecule has 8 rings (SSSR count). The van der Waals surface area contributed by atoms with Crippen molar-refractivity contribution in [2.24, 2.45) is 5.41 Å². The molecule has 0 radical (unpaired) electrons. The Balaban J connectivity index is 1.23. The smallest absolute Gasteiger partial charge is 0.319 e. The van der Waals surface area contributed by atoms with E-state index in [9.17, 15) is 22.7 Å². The van der Waals surface area contributed by atoms with Crippen LogP contribution in [0.1, 0.15) is 50.5 Å². The number of fused-ring (bicyclic) bond motifs is 3. The summed E-state index contributed by atoms with van der Waals surface area (Å²) in [5.74, 6) is -1.67. The predicted molar refractivity (Wildman–Crippen MR) is 166 cm³/mol. The Hall–Kier alpha value is -4.24. The van der Waals surface area contributed by atoms with Crippen LogP contribution in [0.5, 0.6) is 11.8 Å². The summed E-state index contributed by atoms with van der Waals surface area (Å²) in [4.78, 5) is 17.6. The quantitative estimate of drug-likeness (QED) is 0.189. The Morgan fingerprint density at radius 3 is 2.60 bits per heavy atom. The Bertz CT molecular complexity index is 1960. The van der Waals surface area contributed by atoms with Crippen molar-refractivity contribution >= 4 is 27.5 Å². The molecule has 1 spiro atoms. The van der Waals surface area contributed by atoms with Gasteiger partial charge in [0.15, 0.2) is 5.82 Å². The number of hydrogen-bond acceptors (Lipinski definition) is 7. The first-order valence-corrected chi connectivity index (χ1v) is 15.9. The number of anilines is 1. The van der Waals surface area contributed by atoms with E-state index in [2.05, 4.69) is 20.8 Å². The van der Waals surface area contributed by atoms with Gasteiger partial charge in [-0.05, 0) is 61.2 Å². The lowest BCUT2D eigenvalue weighted by Crippen LogP contribution is -2.52. The number of pyridine rings is 1. The number of aromatic hydroxyl groups is 1. The number of hydrogen-bond donors (Lipinski definition) is 1. The second kappa shape index (κ2) is 10.6. The number of nitrogens with zero attached hydrogens (tertiary/aromatic N) is 5. The average molecular weight is 650 g/mol. The standard InChI is InChI=1S/C35H32F5N5O2/c1-2-23-26(37)5-4-20-12-22(46)13-24(27(20)23)29-28(38)30-25(15-41-29)31(44-10-7-33(8-11-44)17-35(39,40)18-33)43-32(42-30)47-19-34-6-3-9-45(34)16-21(36)14-34/h1,4-5,12-13,15,21,46H,3,6-11,14,16-19H2/t21-,34+/m1/s1. The molecular weight excluding hydrogens is 617 g/mol. The number of rotatable bonds is 5. The van der Waals surface area contributed by atoms with Crippen LogP contribution in [0.15, 0.2) is 30.5 Å². The zero-order valence-corrected chi connectivity index (χ0v) is 25.5. The van der Waals surface area contributed by atoms with Gasteiger partial charge < -0.3 is 14.7 Å². The van der Waals surface area contributed by atoms with Gasteiger partial charge in [-0.25, -0.2) is 22.0 Å². The molecule has 1 saturated carbocycles. The highest BCUT2D eigenvalue weighted by Crippen LogP contribution is 2.57. The number of aromatic nitrogens is 3. The summed E-state index contributed by atoms with van der Waals surface area (Å²) in [7, 11) is 0. The van der Waals surface area contributed by atoms with Gasteiger partial charge in [0.25, 0.3) is 0 Å². The van der Waals surface area contributed by atoms with Crippen molar-refractivity contribution in [1.82, 2.24) is 19.9 Å². The number of terminal acetylenes is 1. The fourth-order valence-corrected chi connectivity index (χ4v) is 8.51. The lowest BCUT2D eigenvalue weighted by atomic mass is 9.61. The summed E-state index contributed by atoms with van der Waals surface area (Å²) in [6.45, 7) is 2.08.